The highest BCUT2D eigenvalue weighted by Gasteiger charge is 2.28. The number of hydrogen-bond acceptors (Lipinski definition) is 6. The van der Waals surface area contributed by atoms with Crippen molar-refractivity contribution in [1.29, 1.82) is 0 Å². The van der Waals surface area contributed by atoms with E-state index in [-0.39, 0.29) is 12.1 Å². The van der Waals surface area contributed by atoms with E-state index in [1.165, 1.54) is 0 Å². The van der Waals surface area contributed by atoms with Crippen LogP contribution in [0.3, 0.4) is 0 Å². The monoisotopic (exact) mass is 330 g/mol. The van der Waals surface area contributed by atoms with Gasteiger partial charge in [-0.2, -0.15) is 10.1 Å². The second kappa shape index (κ2) is 7.61. The molecule has 2 unspecified atom stereocenters. The number of aromatic nitrogens is 4. The number of aryl methyl sites for hydroxylation is 1. The van der Waals surface area contributed by atoms with E-state index in [2.05, 4.69) is 44.6 Å². The van der Waals surface area contributed by atoms with E-state index in [1.807, 2.05) is 19.2 Å². The van der Waals surface area contributed by atoms with Gasteiger partial charge in [-0.15, -0.1) is 0 Å². The Morgan fingerprint density at radius 3 is 3.04 bits per heavy atom. The van der Waals surface area contributed by atoms with Gasteiger partial charge in [-0.3, -0.25) is 5.10 Å². The predicted octanol–water partition coefficient (Wildman–Crippen LogP) is 2.74. The molecule has 2 aromatic rings. The van der Waals surface area contributed by atoms with Gasteiger partial charge in [-0.25, -0.2) is 4.98 Å². The number of anilines is 2. The molecule has 0 aromatic carbocycles. The lowest BCUT2D eigenvalue weighted by atomic mass is 9.94. The van der Waals surface area contributed by atoms with Crippen LogP contribution in [0, 0.1) is 12.8 Å². The Kier molecular flexibility index (Phi) is 5.30. The minimum atomic E-state index is 0.221. The molecule has 3 N–H and O–H groups in total. The second-order valence-corrected chi connectivity index (χ2v) is 6.61. The average Bonchev–Trinajstić information content (AvgIpc) is 2.99. The zero-order valence-electron chi connectivity index (χ0n) is 14.5. The minimum absolute atomic E-state index is 0.221. The molecule has 2 aromatic heterocycles. The summed E-state index contributed by atoms with van der Waals surface area (Å²) in [4.78, 5) is 8.86. The van der Waals surface area contributed by atoms with Crippen LogP contribution in [-0.2, 0) is 11.3 Å². The van der Waals surface area contributed by atoms with Gasteiger partial charge in [0.15, 0.2) is 0 Å². The second-order valence-electron chi connectivity index (χ2n) is 6.61. The van der Waals surface area contributed by atoms with Crippen LogP contribution < -0.4 is 10.6 Å². The van der Waals surface area contributed by atoms with Crippen LogP contribution in [0.2, 0.25) is 0 Å². The lowest BCUT2D eigenvalue weighted by Crippen LogP contribution is -2.43. The van der Waals surface area contributed by atoms with E-state index >= 15 is 0 Å². The van der Waals surface area contributed by atoms with Crippen LogP contribution in [0.5, 0.6) is 0 Å². The van der Waals surface area contributed by atoms with Gasteiger partial charge in [0.25, 0.3) is 0 Å². The van der Waals surface area contributed by atoms with Crippen molar-refractivity contribution in [3.8, 4) is 0 Å². The van der Waals surface area contributed by atoms with Crippen molar-refractivity contribution in [3.63, 3.8) is 0 Å². The maximum absolute atomic E-state index is 5.93. The highest BCUT2D eigenvalue weighted by Crippen LogP contribution is 2.23. The van der Waals surface area contributed by atoms with Gasteiger partial charge in [-0.1, -0.05) is 13.8 Å². The molecule has 3 rings (SSSR count). The number of aromatic amines is 1. The molecule has 1 aliphatic heterocycles. The number of rotatable bonds is 6. The van der Waals surface area contributed by atoms with E-state index in [9.17, 15) is 0 Å². The van der Waals surface area contributed by atoms with Gasteiger partial charge in [0.2, 0.25) is 5.95 Å². The Bertz CT molecular complexity index is 656. The normalized spacial score (nSPS) is 21.0. The van der Waals surface area contributed by atoms with Gasteiger partial charge in [0.05, 0.1) is 18.3 Å². The van der Waals surface area contributed by atoms with Crippen LogP contribution >= 0.6 is 0 Å². The van der Waals surface area contributed by atoms with Crippen molar-refractivity contribution < 1.29 is 4.74 Å². The first kappa shape index (κ1) is 16.7. The van der Waals surface area contributed by atoms with E-state index in [1.54, 1.807) is 6.20 Å². The number of ether oxygens (including phenoxy) is 1. The summed E-state index contributed by atoms with van der Waals surface area (Å²) in [5.41, 5.74) is 2.16. The molecule has 0 saturated carbocycles. The van der Waals surface area contributed by atoms with E-state index in [0.29, 0.717) is 18.4 Å². The van der Waals surface area contributed by atoms with Crippen molar-refractivity contribution in [2.75, 3.05) is 17.2 Å². The van der Waals surface area contributed by atoms with Crippen LogP contribution in [0.4, 0.5) is 11.8 Å². The summed E-state index contributed by atoms with van der Waals surface area (Å²) >= 11 is 0. The zero-order chi connectivity index (χ0) is 16.9. The number of nitrogens with zero attached hydrogens (tertiary/aromatic N) is 3. The van der Waals surface area contributed by atoms with Crippen molar-refractivity contribution in [1.82, 2.24) is 20.2 Å². The maximum atomic E-state index is 5.93. The fourth-order valence-corrected chi connectivity index (χ4v) is 3.06. The highest BCUT2D eigenvalue weighted by atomic mass is 16.5. The first-order chi connectivity index (χ1) is 11.6. The summed E-state index contributed by atoms with van der Waals surface area (Å²) in [7, 11) is 0. The molecule has 0 spiro atoms. The van der Waals surface area contributed by atoms with Gasteiger partial charge in [0.1, 0.15) is 5.82 Å². The van der Waals surface area contributed by atoms with Crippen LogP contribution in [0.15, 0.2) is 18.5 Å². The molecule has 0 bridgehead atoms. The number of nitrogens with one attached hydrogen (secondary N) is 3. The largest absolute Gasteiger partial charge is 0.376 e. The summed E-state index contributed by atoms with van der Waals surface area (Å²) in [5, 5.41) is 13.7. The molecule has 1 aliphatic rings. The average molecular weight is 330 g/mol. The Labute approximate surface area is 142 Å². The van der Waals surface area contributed by atoms with Crippen LogP contribution in [0.25, 0.3) is 0 Å². The highest BCUT2D eigenvalue weighted by molar-refractivity contribution is 5.41. The fourth-order valence-electron chi connectivity index (χ4n) is 3.06. The van der Waals surface area contributed by atoms with Crippen molar-refractivity contribution in [2.45, 2.75) is 52.3 Å². The third kappa shape index (κ3) is 4.03. The molecule has 1 saturated heterocycles. The molecule has 130 valence electrons. The van der Waals surface area contributed by atoms with Crippen molar-refractivity contribution >= 4 is 11.8 Å². The first-order valence-electron chi connectivity index (χ1n) is 8.57. The number of H-pyrrole nitrogens is 1. The third-order valence-electron chi connectivity index (χ3n) is 4.38. The lowest BCUT2D eigenvalue weighted by molar-refractivity contribution is -0.0203. The summed E-state index contributed by atoms with van der Waals surface area (Å²) < 4.78 is 5.93. The Morgan fingerprint density at radius 1 is 1.42 bits per heavy atom. The molecule has 2 atom stereocenters. The molecule has 1 fully saturated rings. The van der Waals surface area contributed by atoms with Gasteiger partial charge in [-0.05, 0) is 31.7 Å². The molecule has 7 heteroatoms. The quantitative estimate of drug-likeness (QED) is 0.755. The predicted molar refractivity (Wildman–Crippen MR) is 93.9 cm³/mol. The molecule has 0 radical (unpaired) electrons. The summed E-state index contributed by atoms with van der Waals surface area (Å²) in [6, 6.07) is 2.19. The molecule has 3 heterocycles. The van der Waals surface area contributed by atoms with Gasteiger partial charge >= 0.3 is 0 Å². The molecule has 0 amide bonds. The summed E-state index contributed by atoms with van der Waals surface area (Å²) in [6.07, 6.45) is 5.99. The smallest absolute Gasteiger partial charge is 0.224 e. The summed E-state index contributed by atoms with van der Waals surface area (Å²) in [5.74, 6) is 1.92. The molecule has 24 heavy (non-hydrogen) atoms. The van der Waals surface area contributed by atoms with Crippen LogP contribution in [-0.4, -0.2) is 38.9 Å². The Morgan fingerprint density at radius 2 is 2.29 bits per heavy atom. The van der Waals surface area contributed by atoms with Crippen molar-refractivity contribution in [3.05, 3.63) is 29.7 Å². The third-order valence-corrected chi connectivity index (χ3v) is 4.38. The maximum Gasteiger partial charge on any atom is 0.224 e. The minimum Gasteiger partial charge on any atom is -0.376 e. The van der Waals surface area contributed by atoms with Crippen LogP contribution in [0.1, 0.15) is 37.9 Å². The Balaban J connectivity index is 1.63. The SMILES string of the molecule is Cc1[nH]ncc1CNc1nccc(NC2CCCOC2C(C)C)n1. The fraction of sp³-hybridized carbons (Fsp3) is 0.588. The number of hydrogen-bond donors (Lipinski definition) is 3. The lowest BCUT2D eigenvalue weighted by Gasteiger charge is -2.35. The van der Waals surface area contributed by atoms with E-state index < -0.39 is 0 Å². The standard InChI is InChI=1S/C17H26N6O/c1-11(2)16-14(5-4-8-24-16)21-15-6-7-18-17(22-15)19-9-13-10-20-23-12(13)3/h6-7,10-11,14,16H,4-5,8-9H2,1-3H3,(H,20,23)(H2,18,19,21,22). The zero-order valence-corrected chi connectivity index (χ0v) is 14.5. The first-order valence-corrected chi connectivity index (χ1v) is 8.57. The van der Waals surface area contributed by atoms with Gasteiger partial charge in [0, 0.05) is 30.6 Å². The topological polar surface area (TPSA) is 87.8 Å². The molecule has 7 nitrogen and oxygen atoms in total. The van der Waals surface area contributed by atoms with Crippen molar-refractivity contribution in [2.24, 2.45) is 5.92 Å². The van der Waals surface area contributed by atoms with Gasteiger partial charge < -0.3 is 15.4 Å². The molecular weight excluding hydrogens is 304 g/mol. The summed E-state index contributed by atoms with van der Waals surface area (Å²) in [6.45, 7) is 7.89. The van der Waals surface area contributed by atoms with E-state index in [4.69, 9.17) is 4.74 Å². The van der Waals surface area contributed by atoms with E-state index in [0.717, 1.165) is 36.5 Å². The Hall–Kier alpha value is -2.15. The molecule has 0 aliphatic carbocycles. The molecular formula is C17H26N6O.